The molecule has 2 rings (SSSR count). The summed E-state index contributed by atoms with van der Waals surface area (Å²) in [7, 11) is 0. The smallest absolute Gasteiger partial charge is 0.260 e. The number of ether oxygens (including phenoxy) is 1. The van der Waals surface area contributed by atoms with E-state index in [0.717, 1.165) is 42.6 Å². The van der Waals surface area contributed by atoms with Gasteiger partial charge in [0.1, 0.15) is 5.75 Å². The van der Waals surface area contributed by atoms with Crippen molar-refractivity contribution in [3.63, 3.8) is 0 Å². The Morgan fingerprint density at radius 2 is 1.95 bits per heavy atom. The lowest BCUT2D eigenvalue weighted by molar-refractivity contribution is -0.133. The predicted octanol–water partition coefficient (Wildman–Crippen LogP) is 3.20. The summed E-state index contributed by atoms with van der Waals surface area (Å²) in [5.74, 6) is 0.783. The van der Waals surface area contributed by atoms with Gasteiger partial charge in [0.15, 0.2) is 6.61 Å². The van der Waals surface area contributed by atoms with Crippen LogP contribution < -0.4 is 4.74 Å². The summed E-state index contributed by atoms with van der Waals surface area (Å²) in [6.07, 6.45) is 3.82. The van der Waals surface area contributed by atoms with Gasteiger partial charge < -0.3 is 14.6 Å². The maximum absolute atomic E-state index is 12.2. The van der Waals surface area contributed by atoms with Crippen molar-refractivity contribution in [1.29, 1.82) is 0 Å². The molecule has 20 heavy (non-hydrogen) atoms. The molecule has 0 radical (unpaired) electrons. The molecule has 0 saturated carbocycles. The zero-order chi connectivity index (χ0) is 14.4. The van der Waals surface area contributed by atoms with Crippen LogP contribution in [0.5, 0.6) is 5.75 Å². The van der Waals surface area contributed by atoms with Crippen LogP contribution >= 0.6 is 0 Å². The van der Waals surface area contributed by atoms with Crippen molar-refractivity contribution in [3.05, 3.63) is 30.5 Å². The number of benzene rings is 1. The number of fused-ring (bicyclic) bond motifs is 1. The van der Waals surface area contributed by atoms with Crippen molar-refractivity contribution in [2.45, 2.75) is 26.7 Å². The van der Waals surface area contributed by atoms with Gasteiger partial charge in [-0.2, -0.15) is 0 Å². The number of hydrogen-bond donors (Lipinski definition) is 1. The molecule has 0 spiro atoms. The largest absolute Gasteiger partial charge is 0.482 e. The van der Waals surface area contributed by atoms with Crippen molar-refractivity contribution < 1.29 is 9.53 Å². The van der Waals surface area contributed by atoms with Gasteiger partial charge in [-0.05, 0) is 25.0 Å². The van der Waals surface area contributed by atoms with E-state index in [1.54, 1.807) is 0 Å². The van der Waals surface area contributed by atoms with Crippen LogP contribution in [0.4, 0.5) is 0 Å². The molecule has 4 heteroatoms. The number of nitrogens with zero attached hydrogens (tertiary/aromatic N) is 1. The van der Waals surface area contributed by atoms with E-state index >= 15 is 0 Å². The number of nitrogens with one attached hydrogen (secondary N) is 1. The van der Waals surface area contributed by atoms with Crippen LogP contribution in [0, 0.1) is 0 Å². The number of aromatic amines is 1. The molecule has 2 aromatic rings. The molecule has 1 aromatic heterocycles. The zero-order valence-electron chi connectivity index (χ0n) is 12.2. The lowest BCUT2D eigenvalue weighted by Crippen LogP contribution is -2.36. The molecule has 4 nitrogen and oxygen atoms in total. The molecule has 108 valence electrons. The van der Waals surface area contributed by atoms with E-state index in [-0.39, 0.29) is 12.5 Å². The first kappa shape index (κ1) is 14.4. The monoisotopic (exact) mass is 274 g/mol. The molecule has 0 aliphatic rings. The maximum atomic E-state index is 12.2. The molecule has 0 unspecified atom stereocenters. The Balaban J connectivity index is 2.00. The molecule has 1 N–H and O–H groups in total. The Bertz CT molecular complexity index is 556. The molecule has 0 fully saturated rings. The van der Waals surface area contributed by atoms with Gasteiger partial charge in [-0.3, -0.25) is 4.79 Å². The standard InChI is InChI=1S/C16H22N2O2/c1-3-10-18(11-4-2)15(19)12-20-14-7-5-6-13-8-9-17-16(13)14/h5-9,17H,3-4,10-12H2,1-2H3. The fraction of sp³-hybridized carbons (Fsp3) is 0.438. The fourth-order valence-corrected chi connectivity index (χ4v) is 2.31. The Hall–Kier alpha value is -1.97. The summed E-state index contributed by atoms with van der Waals surface area (Å²) < 4.78 is 5.69. The summed E-state index contributed by atoms with van der Waals surface area (Å²) in [4.78, 5) is 17.2. The lowest BCUT2D eigenvalue weighted by Gasteiger charge is -2.21. The Kier molecular flexibility index (Phi) is 5.04. The second-order valence-corrected chi connectivity index (χ2v) is 4.87. The maximum Gasteiger partial charge on any atom is 0.260 e. The third-order valence-corrected chi connectivity index (χ3v) is 3.24. The number of aromatic nitrogens is 1. The van der Waals surface area contributed by atoms with Crippen LogP contribution in [-0.4, -0.2) is 35.5 Å². The fourth-order valence-electron chi connectivity index (χ4n) is 2.31. The molecule has 0 atom stereocenters. The van der Waals surface area contributed by atoms with Gasteiger partial charge in [0, 0.05) is 24.7 Å². The molecule has 0 saturated heterocycles. The third-order valence-electron chi connectivity index (χ3n) is 3.24. The quantitative estimate of drug-likeness (QED) is 0.842. The highest BCUT2D eigenvalue weighted by Gasteiger charge is 2.13. The molecule has 1 aromatic carbocycles. The minimum absolute atomic E-state index is 0.0530. The van der Waals surface area contributed by atoms with Crippen LogP contribution in [0.25, 0.3) is 10.9 Å². The first-order chi connectivity index (χ1) is 9.76. The topological polar surface area (TPSA) is 45.3 Å². The Morgan fingerprint density at radius 3 is 2.65 bits per heavy atom. The van der Waals surface area contributed by atoms with E-state index in [1.807, 2.05) is 35.4 Å². The van der Waals surface area contributed by atoms with E-state index in [1.165, 1.54) is 0 Å². The number of rotatable bonds is 7. The van der Waals surface area contributed by atoms with Crippen LogP contribution in [0.2, 0.25) is 0 Å². The van der Waals surface area contributed by atoms with Gasteiger partial charge in [-0.1, -0.05) is 26.0 Å². The number of carbonyl (C=O) groups excluding carboxylic acids is 1. The van der Waals surface area contributed by atoms with E-state index in [9.17, 15) is 4.79 Å². The second-order valence-electron chi connectivity index (χ2n) is 4.87. The van der Waals surface area contributed by atoms with Gasteiger partial charge in [0.05, 0.1) is 5.52 Å². The summed E-state index contributed by atoms with van der Waals surface area (Å²) in [6, 6.07) is 7.83. The lowest BCUT2D eigenvalue weighted by atomic mass is 10.2. The van der Waals surface area contributed by atoms with E-state index in [4.69, 9.17) is 4.74 Å². The highest BCUT2D eigenvalue weighted by molar-refractivity contribution is 5.85. The minimum atomic E-state index is 0.0530. The molecular weight excluding hydrogens is 252 g/mol. The normalized spacial score (nSPS) is 10.7. The summed E-state index contributed by atoms with van der Waals surface area (Å²) in [5.41, 5.74) is 0.942. The van der Waals surface area contributed by atoms with Crippen molar-refractivity contribution >= 4 is 16.8 Å². The molecule has 0 aliphatic heterocycles. The van der Waals surface area contributed by atoms with Crippen LogP contribution in [0.1, 0.15) is 26.7 Å². The number of H-pyrrole nitrogens is 1. The van der Waals surface area contributed by atoms with E-state index in [2.05, 4.69) is 18.8 Å². The predicted molar refractivity (Wildman–Crippen MR) is 81.0 cm³/mol. The summed E-state index contributed by atoms with van der Waals surface area (Å²) >= 11 is 0. The van der Waals surface area contributed by atoms with Gasteiger partial charge in [0.2, 0.25) is 0 Å². The molecule has 0 bridgehead atoms. The number of hydrogen-bond acceptors (Lipinski definition) is 2. The first-order valence-corrected chi connectivity index (χ1v) is 7.23. The van der Waals surface area contributed by atoms with Gasteiger partial charge >= 0.3 is 0 Å². The number of para-hydroxylation sites is 1. The minimum Gasteiger partial charge on any atom is -0.482 e. The Morgan fingerprint density at radius 1 is 1.20 bits per heavy atom. The van der Waals surface area contributed by atoms with Crippen LogP contribution in [0.15, 0.2) is 30.5 Å². The highest BCUT2D eigenvalue weighted by atomic mass is 16.5. The summed E-state index contributed by atoms with van der Waals surface area (Å²) in [6.45, 7) is 5.84. The molecule has 1 amide bonds. The van der Waals surface area contributed by atoms with Crippen LogP contribution in [0.3, 0.4) is 0 Å². The van der Waals surface area contributed by atoms with Gasteiger partial charge in [-0.25, -0.2) is 0 Å². The second kappa shape index (κ2) is 6.98. The average molecular weight is 274 g/mol. The zero-order valence-corrected chi connectivity index (χ0v) is 12.2. The van der Waals surface area contributed by atoms with Gasteiger partial charge in [0.25, 0.3) is 5.91 Å². The third kappa shape index (κ3) is 3.32. The number of amides is 1. The van der Waals surface area contributed by atoms with Crippen molar-refractivity contribution in [2.24, 2.45) is 0 Å². The van der Waals surface area contributed by atoms with Gasteiger partial charge in [-0.15, -0.1) is 0 Å². The van der Waals surface area contributed by atoms with Crippen molar-refractivity contribution in [1.82, 2.24) is 9.88 Å². The molecule has 1 heterocycles. The summed E-state index contributed by atoms with van der Waals surface area (Å²) in [5, 5.41) is 1.09. The highest BCUT2D eigenvalue weighted by Crippen LogP contribution is 2.23. The number of carbonyl (C=O) groups is 1. The van der Waals surface area contributed by atoms with Crippen molar-refractivity contribution in [2.75, 3.05) is 19.7 Å². The van der Waals surface area contributed by atoms with Crippen molar-refractivity contribution in [3.8, 4) is 5.75 Å². The molecule has 0 aliphatic carbocycles. The Labute approximate surface area is 119 Å². The SMILES string of the molecule is CCCN(CCC)C(=O)COc1cccc2cc[nH]c12. The molecular formula is C16H22N2O2. The van der Waals surface area contributed by atoms with E-state index < -0.39 is 0 Å². The first-order valence-electron chi connectivity index (χ1n) is 7.23. The average Bonchev–Trinajstić information content (AvgIpc) is 2.93. The van der Waals surface area contributed by atoms with E-state index in [0.29, 0.717) is 0 Å². The van der Waals surface area contributed by atoms with Crippen LogP contribution in [-0.2, 0) is 4.79 Å².